The van der Waals surface area contributed by atoms with Crippen LogP contribution in [0.15, 0.2) is 30.3 Å². The number of ether oxygens (including phenoxy) is 1. The van der Waals surface area contributed by atoms with Crippen molar-refractivity contribution in [3.05, 3.63) is 30.3 Å². The van der Waals surface area contributed by atoms with Crippen LogP contribution in [0.25, 0.3) is 0 Å². The minimum atomic E-state index is 0. The van der Waals surface area contributed by atoms with Crippen molar-refractivity contribution in [3.63, 3.8) is 0 Å². The van der Waals surface area contributed by atoms with E-state index in [2.05, 4.69) is 0 Å². The predicted octanol–water partition coefficient (Wildman–Crippen LogP) is 3.42. The molecule has 108 valence electrons. The summed E-state index contributed by atoms with van der Waals surface area (Å²) in [5.74, 6) is 1.63. The molecule has 0 saturated carbocycles. The summed E-state index contributed by atoms with van der Waals surface area (Å²) >= 11 is 1.30. The normalized spacial score (nSPS) is 11.5. The first-order valence-corrected chi connectivity index (χ1v) is 7.24. The van der Waals surface area contributed by atoms with Crippen LogP contribution in [0.4, 0.5) is 0 Å². The summed E-state index contributed by atoms with van der Waals surface area (Å²) in [4.78, 5) is 10.8. The second-order valence-electron chi connectivity index (χ2n) is 4.22. The van der Waals surface area contributed by atoms with Crippen LogP contribution in [0.5, 0.6) is 5.75 Å². The van der Waals surface area contributed by atoms with Crippen LogP contribution in [0, 0.1) is 0 Å². The van der Waals surface area contributed by atoms with E-state index in [1.165, 1.54) is 11.8 Å². The van der Waals surface area contributed by atoms with Gasteiger partial charge in [-0.2, -0.15) is 0 Å². The molecule has 19 heavy (non-hydrogen) atoms. The zero-order valence-electron chi connectivity index (χ0n) is 11.2. The van der Waals surface area contributed by atoms with E-state index in [0.717, 1.165) is 37.4 Å². The number of rotatable bonds is 8. The average Bonchev–Trinajstić information content (AvgIpc) is 2.37. The third kappa shape index (κ3) is 9.99. The van der Waals surface area contributed by atoms with E-state index in [1.54, 1.807) is 6.92 Å². The summed E-state index contributed by atoms with van der Waals surface area (Å²) in [6.07, 6.45) is 2.97. The fourth-order valence-corrected chi connectivity index (χ4v) is 2.14. The fourth-order valence-electron chi connectivity index (χ4n) is 1.52. The van der Waals surface area contributed by atoms with E-state index in [9.17, 15) is 4.79 Å². The summed E-state index contributed by atoms with van der Waals surface area (Å²) in [6, 6.07) is 9.91. The molecule has 3 nitrogen and oxygen atoms in total. The van der Waals surface area contributed by atoms with Crippen LogP contribution in [-0.2, 0) is 4.79 Å². The third-order valence-corrected chi connectivity index (χ3v) is 3.48. The van der Waals surface area contributed by atoms with Gasteiger partial charge in [-0.15, -0.1) is 17.0 Å². The highest BCUT2D eigenvalue weighted by Gasteiger charge is 2.04. The van der Waals surface area contributed by atoms with E-state index in [1.807, 2.05) is 30.3 Å². The summed E-state index contributed by atoms with van der Waals surface area (Å²) in [7, 11) is 0. The molecule has 0 aliphatic heterocycles. The van der Waals surface area contributed by atoms with Gasteiger partial charge in [-0.25, -0.2) is 0 Å². The molecule has 0 saturated heterocycles. The van der Waals surface area contributed by atoms with E-state index in [-0.39, 0.29) is 28.1 Å². The van der Waals surface area contributed by atoms with E-state index < -0.39 is 0 Å². The number of halogens is 1. The Labute approximate surface area is 130 Å². The third-order valence-electron chi connectivity index (χ3n) is 2.48. The number of para-hydroxylation sites is 1. The number of hydrogen-bond donors (Lipinski definition) is 1. The van der Waals surface area contributed by atoms with Gasteiger partial charge in [-0.3, -0.25) is 4.79 Å². The smallest absolute Gasteiger partial charge is 0.185 e. The average molecular weight is 348 g/mol. The molecule has 0 aliphatic rings. The Hall–Kier alpha value is -0.520. The molecule has 1 atom stereocenters. The SMILES string of the molecule is Br.CC(=O)SCC(N)CCCCOc1ccccc1. The topological polar surface area (TPSA) is 52.3 Å². The minimum absolute atomic E-state index is 0. The highest BCUT2D eigenvalue weighted by molar-refractivity contribution is 8.93. The van der Waals surface area contributed by atoms with Crippen molar-refractivity contribution in [1.82, 2.24) is 0 Å². The molecule has 1 aromatic carbocycles. The molecule has 2 N–H and O–H groups in total. The van der Waals surface area contributed by atoms with E-state index >= 15 is 0 Å². The van der Waals surface area contributed by atoms with E-state index in [0.29, 0.717) is 0 Å². The number of hydrogen-bond acceptors (Lipinski definition) is 4. The first-order valence-electron chi connectivity index (χ1n) is 6.25. The van der Waals surface area contributed by atoms with Crippen LogP contribution in [0.2, 0.25) is 0 Å². The second-order valence-corrected chi connectivity index (χ2v) is 5.42. The molecule has 0 radical (unpaired) electrons. The molecule has 0 aromatic heterocycles. The van der Waals surface area contributed by atoms with Crippen LogP contribution in [-0.4, -0.2) is 23.5 Å². The maximum Gasteiger partial charge on any atom is 0.185 e. The molecule has 0 bridgehead atoms. The monoisotopic (exact) mass is 347 g/mol. The number of unbranched alkanes of at least 4 members (excludes halogenated alkanes) is 1. The first-order chi connectivity index (χ1) is 8.68. The summed E-state index contributed by atoms with van der Waals surface area (Å²) in [6.45, 7) is 2.29. The van der Waals surface area contributed by atoms with Crippen LogP contribution in [0.3, 0.4) is 0 Å². The van der Waals surface area contributed by atoms with Gasteiger partial charge in [0.25, 0.3) is 0 Å². The molecular weight excluding hydrogens is 326 g/mol. The van der Waals surface area contributed by atoms with Crippen molar-refractivity contribution in [1.29, 1.82) is 0 Å². The van der Waals surface area contributed by atoms with Gasteiger partial charge in [0.1, 0.15) is 5.75 Å². The number of thioether (sulfide) groups is 1. The Bertz CT molecular complexity index is 349. The zero-order valence-corrected chi connectivity index (χ0v) is 13.7. The zero-order chi connectivity index (χ0) is 13.2. The van der Waals surface area contributed by atoms with Gasteiger partial charge >= 0.3 is 0 Å². The minimum Gasteiger partial charge on any atom is -0.494 e. The quantitative estimate of drug-likeness (QED) is 0.732. The molecule has 0 aliphatic carbocycles. The van der Waals surface area contributed by atoms with Gasteiger partial charge in [0.15, 0.2) is 5.12 Å². The molecule has 0 amide bonds. The van der Waals surface area contributed by atoms with Crippen molar-refractivity contribution in [2.45, 2.75) is 32.2 Å². The summed E-state index contributed by atoms with van der Waals surface area (Å²) in [5.41, 5.74) is 5.90. The van der Waals surface area contributed by atoms with Gasteiger partial charge in [-0.05, 0) is 31.4 Å². The molecule has 1 aromatic rings. The second kappa shape index (κ2) is 11.3. The largest absolute Gasteiger partial charge is 0.494 e. The van der Waals surface area contributed by atoms with Crippen LogP contribution < -0.4 is 10.5 Å². The van der Waals surface area contributed by atoms with Gasteiger partial charge in [-0.1, -0.05) is 30.0 Å². The van der Waals surface area contributed by atoms with Crippen molar-refractivity contribution in [2.75, 3.05) is 12.4 Å². The Balaban J connectivity index is 0.00000324. The lowest BCUT2D eigenvalue weighted by Gasteiger charge is -2.10. The molecule has 0 spiro atoms. The maximum atomic E-state index is 10.8. The summed E-state index contributed by atoms with van der Waals surface area (Å²) in [5, 5.41) is 0.137. The Morgan fingerprint density at radius 2 is 2.00 bits per heavy atom. The number of nitrogens with two attached hydrogens (primary N) is 1. The van der Waals surface area contributed by atoms with E-state index in [4.69, 9.17) is 10.5 Å². The highest BCUT2D eigenvalue weighted by Crippen LogP contribution is 2.11. The standard InChI is InChI=1S/C14H21NO2S.BrH/c1-12(16)18-11-13(15)7-5-6-10-17-14-8-3-2-4-9-14;/h2-4,8-9,13H,5-7,10-11,15H2,1H3;1H. The Kier molecular flexibility index (Phi) is 11.0. The van der Waals surface area contributed by atoms with Crippen molar-refractivity contribution < 1.29 is 9.53 Å². The lowest BCUT2D eigenvalue weighted by Crippen LogP contribution is -2.23. The van der Waals surface area contributed by atoms with Crippen molar-refractivity contribution in [3.8, 4) is 5.75 Å². The number of carbonyl (C=O) groups excluding carboxylic acids is 1. The van der Waals surface area contributed by atoms with Crippen LogP contribution in [0.1, 0.15) is 26.2 Å². The molecule has 0 heterocycles. The highest BCUT2D eigenvalue weighted by atomic mass is 79.9. The molecule has 0 fully saturated rings. The first kappa shape index (κ1) is 18.5. The molecule has 1 unspecified atom stereocenters. The maximum absolute atomic E-state index is 10.8. The lowest BCUT2D eigenvalue weighted by molar-refractivity contribution is -0.109. The van der Waals surface area contributed by atoms with Crippen molar-refractivity contribution in [2.24, 2.45) is 5.73 Å². The number of carbonyl (C=O) groups is 1. The Morgan fingerprint density at radius 1 is 1.32 bits per heavy atom. The van der Waals surface area contributed by atoms with Gasteiger partial charge in [0.05, 0.1) is 6.61 Å². The molecule has 1 rings (SSSR count). The fraction of sp³-hybridized carbons (Fsp3) is 0.500. The van der Waals surface area contributed by atoms with Gasteiger partial charge in [0, 0.05) is 18.7 Å². The molecule has 5 heteroatoms. The Morgan fingerprint density at radius 3 is 2.63 bits per heavy atom. The number of benzene rings is 1. The molecular formula is C14H22BrNO2S. The van der Waals surface area contributed by atoms with Crippen LogP contribution >= 0.6 is 28.7 Å². The lowest BCUT2D eigenvalue weighted by atomic mass is 10.1. The van der Waals surface area contributed by atoms with Gasteiger partial charge < -0.3 is 10.5 Å². The predicted molar refractivity (Wildman–Crippen MR) is 87.2 cm³/mol. The summed E-state index contributed by atoms with van der Waals surface area (Å²) < 4.78 is 5.59. The van der Waals surface area contributed by atoms with Gasteiger partial charge in [0.2, 0.25) is 0 Å². The van der Waals surface area contributed by atoms with Crippen molar-refractivity contribution >= 4 is 33.9 Å².